The van der Waals surface area contributed by atoms with Crippen molar-refractivity contribution in [1.29, 1.82) is 0 Å². The quantitative estimate of drug-likeness (QED) is 0.692. The van der Waals surface area contributed by atoms with Gasteiger partial charge in [0, 0.05) is 32.2 Å². The van der Waals surface area contributed by atoms with E-state index in [2.05, 4.69) is 10.0 Å². The minimum Gasteiger partial charge on any atom is -0.338 e. The number of hydrogen-bond donors (Lipinski definition) is 2. The molecule has 1 saturated heterocycles. The molecule has 2 N–H and O–H groups in total. The molecular formula is C23H32N4O4S. The summed E-state index contributed by atoms with van der Waals surface area (Å²) in [4.78, 5) is 29.0. The molecule has 1 aliphatic rings. The summed E-state index contributed by atoms with van der Waals surface area (Å²) in [5.74, 6) is -0.513. The third kappa shape index (κ3) is 5.21. The molecule has 0 spiro atoms. The molecule has 8 nitrogen and oxygen atoms in total. The average Bonchev–Trinajstić information content (AvgIpc) is 2.76. The summed E-state index contributed by atoms with van der Waals surface area (Å²) in [6, 6.07) is 11.3. The van der Waals surface area contributed by atoms with Crippen LogP contribution in [0.2, 0.25) is 0 Å². The van der Waals surface area contributed by atoms with E-state index in [0.29, 0.717) is 26.2 Å². The second-order valence-electron chi connectivity index (χ2n) is 8.51. The van der Waals surface area contributed by atoms with E-state index in [4.69, 9.17) is 0 Å². The van der Waals surface area contributed by atoms with Crippen molar-refractivity contribution in [3.8, 4) is 0 Å². The Kier molecular flexibility index (Phi) is 7.40. The highest BCUT2D eigenvalue weighted by Gasteiger charge is 2.36. The van der Waals surface area contributed by atoms with Gasteiger partial charge in [-0.25, -0.2) is 13.2 Å². The number of amides is 3. The standard InChI is InChI=1S/C23H32N4O4S/c1-5-24-23(29)27-13-12-26(15-17(27)4)22(28)21(16(2)3)25-32(30,31)20-11-10-18-8-6-7-9-19(18)14-20/h6-11,14,16-17,21,25H,5,12-13,15H2,1-4H3,(H,24,29). The second-order valence-corrected chi connectivity index (χ2v) is 10.2. The Morgan fingerprint density at radius 1 is 1.09 bits per heavy atom. The Labute approximate surface area is 190 Å². The summed E-state index contributed by atoms with van der Waals surface area (Å²) in [6.45, 7) is 9.05. The van der Waals surface area contributed by atoms with Crippen molar-refractivity contribution < 1.29 is 18.0 Å². The van der Waals surface area contributed by atoms with E-state index in [1.54, 1.807) is 28.0 Å². The number of carbonyl (C=O) groups is 2. The smallest absolute Gasteiger partial charge is 0.317 e. The Morgan fingerprint density at radius 2 is 1.78 bits per heavy atom. The molecule has 0 saturated carbocycles. The number of piperazine rings is 1. The van der Waals surface area contributed by atoms with Gasteiger partial charge in [-0.1, -0.05) is 44.2 Å². The molecule has 1 aliphatic heterocycles. The lowest BCUT2D eigenvalue weighted by atomic mass is 10.0. The molecule has 2 atom stereocenters. The number of sulfonamides is 1. The van der Waals surface area contributed by atoms with Crippen LogP contribution in [0.3, 0.4) is 0 Å². The lowest BCUT2D eigenvalue weighted by Crippen LogP contribution is -2.61. The van der Waals surface area contributed by atoms with Crippen molar-refractivity contribution in [2.24, 2.45) is 5.92 Å². The molecule has 2 aromatic rings. The van der Waals surface area contributed by atoms with Crippen LogP contribution in [0.1, 0.15) is 27.7 Å². The zero-order valence-electron chi connectivity index (χ0n) is 19.0. The Balaban J connectivity index is 1.76. The normalized spacial score (nSPS) is 18.1. The third-order valence-corrected chi connectivity index (χ3v) is 7.21. The highest BCUT2D eigenvalue weighted by atomic mass is 32.2. The summed E-state index contributed by atoms with van der Waals surface area (Å²) < 4.78 is 28.9. The van der Waals surface area contributed by atoms with Gasteiger partial charge in [-0.05, 0) is 42.7 Å². The van der Waals surface area contributed by atoms with Crippen LogP contribution in [0.15, 0.2) is 47.4 Å². The second kappa shape index (κ2) is 9.87. The van der Waals surface area contributed by atoms with Gasteiger partial charge >= 0.3 is 6.03 Å². The van der Waals surface area contributed by atoms with Crippen LogP contribution in [-0.2, 0) is 14.8 Å². The number of nitrogens with one attached hydrogen (secondary N) is 2. The van der Waals surface area contributed by atoms with Crippen molar-refractivity contribution in [2.45, 2.75) is 44.7 Å². The zero-order chi connectivity index (χ0) is 23.5. The number of nitrogens with zero attached hydrogens (tertiary/aromatic N) is 2. The molecule has 32 heavy (non-hydrogen) atoms. The Morgan fingerprint density at radius 3 is 2.41 bits per heavy atom. The summed E-state index contributed by atoms with van der Waals surface area (Å²) >= 11 is 0. The van der Waals surface area contributed by atoms with Crippen LogP contribution in [-0.4, -0.2) is 68.4 Å². The topological polar surface area (TPSA) is 98.8 Å². The van der Waals surface area contributed by atoms with Gasteiger partial charge in [-0.3, -0.25) is 4.79 Å². The van der Waals surface area contributed by atoms with Crippen LogP contribution >= 0.6 is 0 Å². The molecule has 174 valence electrons. The fraction of sp³-hybridized carbons (Fsp3) is 0.478. The average molecular weight is 461 g/mol. The van der Waals surface area contributed by atoms with Crippen molar-refractivity contribution in [3.63, 3.8) is 0 Å². The number of rotatable bonds is 6. The fourth-order valence-corrected chi connectivity index (χ4v) is 5.32. The maximum absolute atomic E-state index is 13.3. The lowest BCUT2D eigenvalue weighted by Gasteiger charge is -2.41. The summed E-state index contributed by atoms with van der Waals surface area (Å²) in [5, 5.41) is 4.55. The number of carbonyl (C=O) groups excluding carboxylic acids is 2. The van der Waals surface area contributed by atoms with E-state index in [1.807, 2.05) is 52.0 Å². The van der Waals surface area contributed by atoms with Gasteiger partial charge in [0.15, 0.2) is 0 Å². The number of urea groups is 1. The summed E-state index contributed by atoms with van der Waals surface area (Å²) in [5.41, 5.74) is 0. The Hall–Kier alpha value is -2.65. The molecule has 1 fully saturated rings. The van der Waals surface area contributed by atoms with E-state index in [9.17, 15) is 18.0 Å². The fourth-order valence-electron chi connectivity index (χ4n) is 3.95. The van der Waals surface area contributed by atoms with Gasteiger partial charge in [-0.15, -0.1) is 0 Å². The number of fused-ring (bicyclic) bond motifs is 1. The van der Waals surface area contributed by atoms with Crippen molar-refractivity contribution >= 4 is 32.7 Å². The molecule has 2 unspecified atom stereocenters. The maximum Gasteiger partial charge on any atom is 0.317 e. The molecule has 2 aromatic carbocycles. The van der Waals surface area contributed by atoms with Crippen molar-refractivity contribution in [2.75, 3.05) is 26.2 Å². The van der Waals surface area contributed by atoms with Crippen molar-refractivity contribution in [3.05, 3.63) is 42.5 Å². The van der Waals surface area contributed by atoms with Gasteiger partial charge in [-0.2, -0.15) is 4.72 Å². The maximum atomic E-state index is 13.3. The van der Waals surface area contributed by atoms with E-state index >= 15 is 0 Å². The predicted molar refractivity (Wildman–Crippen MR) is 125 cm³/mol. The van der Waals surface area contributed by atoms with Gasteiger partial charge in [0.05, 0.1) is 4.90 Å². The zero-order valence-corrected chi connectivity index (χ0v) is 19.9. The molecule has 3 rings (SSSR count). The van der Waals surface area contributed by atoms with Crippen LogP contribution in [0.25, 0.3) is 10.8 Å². The van der Waals surface area contributed by atoms with E-state index in [0.717, 1.165) is 10.8 Å². The molecule has 0 aliphatic carbocycles. The largest absolute Gasteiger partial charge is 0.338 e. The van der Waals surface area contributed by atoms with Crippen LogP contribution in [0.5, 0.6) is 0 Å². The van der Waals surface area contributed by atoms with E-state index in [-0.39, 0.29) is 28.8 Å². The monoisotopic (exact) mass is 460 g/mol. The highest BCUT2D eigenvalue weighted by molar-refractivity contribution is 7.89. The third-order valence-electron chi connectivity index (χ3n) is 5.77. The van der Waals surface area contributed by atoms with Crippen LogP contribution in [0, 0.1) is 5.92 Å². The molecular weight excluding hydrogens is 428 g/mol. The SMILES string of the molecule is CCNC(=O)N1CCN(C(=O)C(NS(=O)(=O)c2ccc3ccccc3c2)C(C)C)CC1C. The molecule has 3 amide bonds. The van der Waals surface area contributed by atoms with Crippen molar-refractivity contribution in [1.82, 2.24) is 19.8 Å². The van der Waals surface area contributed by atoms with E-state index in [1.165, 1.54) is 0 Å². The molecule has 0 radical (unpaired) electrons. The molecule has 1 heterocycles. The van der Waals surface area contributed by atoms with Gasteiger partial charge < -0.3 is 15.1 Å². The van der Waals surface area contributed by atoms with E-state index < -0.39 is 16.1 Å². The van der Waals surface area contributed by atoms with Crippen LogP contribution in [0.4, 0.5) is 4.79 Å². The van der Waals surface area contributed by atoms with Gasteiger partial charge in [0.2, 0.25) is 15.9 Å². The minimum absolute atomic E-state index is 0.129. The number of hydrogen-bond acceptors (Lipinski definition) is 4. The van der Waals surface area contributed by atoms with Gasteiger partial charge in [0.25, 0.3) is 0 Å². The highest BCUT2D eigenvalue weighted by Crippen LogP contribution is 2.21. The summed E-state index contributed by atoms with van der Waals surface area (Å²) in [6.07, 6.45) is 0. The first kappa shape index (κ1) is 24.0. The Bertz CT molecular complexity index is 1090. The number of benzene rings is 2. The van der Waals surface area contributed by atoms with Crippen LogP contribution < -0.4 is 10.0 Å². The first-order valence-electron chi connectivity index (χ1n) is 11.0. The molecule has 0 aromatic heterocycles. The first-order chi connectivity index (χ1) is 15.1. The predicted octanol–water partition coefficient (Wildman–Crippen LogP) is 2.40. The first-order valence-corrected chi connectivity index (χ1v) is 12.5. The molecule has 9 heteroatoms. The van der Waals surface area contributed by atoms with Gasteiger partial charge in [0.1, 0.15) is 6.04 Å². The molecule has 0 bridgehead atoms. The lowest BCUT2D eigenvalue weighted by molar-refractivity contribution is -0.136. The minimum atomic E-state index is -3.90. The summed E-state index contributed by atoms with van der Waals surface area (Å²) in [7, 11) is -3.90.